The van der Waals surface area contributed by atoms with Crippen LogP contribution in [0.1, 0.15) is 33.3 Å². The number of carboxylic acid groups (broad SMARTS) is 1. The summed E-state index contributed by atoms with van der Waals surface area (Å²) >= 11 is 4.54. The molecule has 1 atom stereocenters. The monoisotopic (exact) mass is 352 g/mol. The second-order valence-corrected chi connectivity index (χ2v) is 6.16. The lowest BCUT2D eigenvalue weighted by Crippen LogP contribution is -2.23. The van der Waals surface area contributed by atoms with E-state index in [1.807, 2.05) is 24.3 Å². The van der Waals surface area contributed by atoms with Crippen molar-refractivity contribution in [2.45, 2.75) is 12.3 Å². The van der Waals surface area contributed by atoms with Gasteiger partial charge in [-0.05, 0) is 29.2 Å². The summed E-state index contributed by atoms with van der Waals surface area (Å²) in [5.74, 6) is -1.47. The number of nitrogens with zero attached hydrogens (tertiary/aromatic N) is 1. The molecule has 0 aliphatic carbocycles. The minimum absolute atomic E-state index is 0.0851. The molecule has 0 fully saturated rings. The Morgan fingerprint density at radius 1 is 1.50 bits per heavy atom. The number of nitrogens with one attached hydrogen (secondary N) is 1. The van der Waals surface area contributed by atoms with Crippen LogP contribution in [0.2, 0.25) is 0 Å². The van der Waals surface area contributed by atoms with Crippen LogP contribution in [0, 0.1) is 0 Å². The number of carboxylic acids is 1. The molecule has 0 radical (unpaired) electrons. The summed E-state index contributed by atoms with van der Waals surface area (Å²) in [6.07, 6.45) is 0.296. The summed E-state index contributed by atoms with van der Waals surface area (Å²) in [7, 11) is 0. The average Bonchev–Trinajstić information content (AvgIpc) is 2.81. The Hall–Kier alpha value is -1.73. The molecule has 0 spiro atoms. The standard InChI is InChI=1S/C13H9BrN2O3S/c14-7-3-1-2-6(4-7)8-5-9(17)15-10-11(13(18)19)16-20-12(8)10/h1-4,8H,5H2,(H,15,17)(H,18,19)/t8-/m0/s1. The lowest BCUT2D eigenvalue weighted by atomic mass is 9.90. The first-order valence-corrected chi connectivity index (χ1v) is 7.41. The number of benzene rings is 1. The van der Waals surface area contributed by atoms with Crippen LogP contribution in [0.3, 0.4) is 0 Å². The van der Waals surface area contributed by atoms with Gasteiger partial charge in [0.15, 0.2) is 5.69 Å². The van der Waals surface area contributed by atoms with Crippen molar-refractivity contribution in [1.29, 1.82) is 0 Å². The van der Waals surface area contributed by atoms with Crippen LogP contribution in [-0.2, 0) is 4.79 Å². The van der Waals surface area contributed by atoms with Crippen LogP contribution in [-0.4, -0.2) is 21.4 Å². The van der Waals surface area contributed by atoms with E-state index < -0.39 is 5.97 Å². The Morgan fingerprint density at radius 2 is 2.30 bits per heavy atom. The molecule has 1 aromatic heterocycles. The molecular weight excluding hydrogens is 344 g/mol. The second kappa shape index (κ2) is 4.99. The molecule has 0 unspecified atom stereocenters. The summed E-state index contributed by atoms with van der Waals surface area (Å²) in [5, 5.41) is 11.7. The number of carbonyl (C=O) groups excluding carboxylic acids is 1. The maximum absolute atomic E-state index is 11.8. The van der Waals surface area contributed by atoms with E-state index in [0.29, 0.717) is 12.1 Å². The number of aromatic nitrogens is 1. The van der Waals surface area contributed by atoms with Gasteiger partial charge in [-0.25, -0.2) is 4.79 Å². The molecule has 2 heterocycles. The molecule has 1 aliphatic rings. The van der Waals surface area contributed by atoms with Crippen molar-refractivity contribution in [2.24, 2.45) is 0 Å². The molecule has 7 heteroatoms. The Morgan fingerprint density at radius 3 is 3.00 bits per heavy atom. The summed E-state index contributed by atoms with van der Waals surface area (Å²) in [4.78, 5) is 23.7. The molecule has 2 N–H and O–H groups in total. The fourth-order valence-corrected chi connectivity index (χ4v) is 3.63. The van der Waals surface area contributed by atoms with Gasteiger partial charge in [-0.2, -0.15) is 4.37 Å². The molecule has 20 heavy (non-hydrogen) atoms. The van der Waals surface area contributed by atoms with E-state index in [4.69, 9.17) is 5.11 Å². The highest BCUT2D eigenvalue weighted by Crippen LogP contribution is 2.41. The van der Waals surface area contributed by atoms with Crippen LogP contribution in [0.4, 0.5) is 5.69 Å². The Kier molecular flexibility index (Phi) is 3.31. The molecule has 1 amide bonds. The minimum Gasteiger partial charge on any atom is -0.476 e. The van der Waals surface area contributed by atoms with Crippen LogP contribution >= 0.6 is 27.5 Å². The Balaban J connectivity index is 2.11. The Labute approximate surface area is 126 Å². The van der Waals surface area contributed by atoms with Gasteiger partial charge in [0.1, 0.15) is 0 Å². The first-order valence-electron chi connectivity index (χ1n) is 5.84. The maximum atomic E-state index is 11.8. The van der Waals surface area contributed by atoms with Gasteiger partial charge in [0.2, 0.25) is 5.91 Å². The van der Waals surface area contributed by atoms with Crippen molar-refractivity contribution >= 4 is 45.0 Å². The van der Waals surface area contributed by atoms with Crippen molar-refractivity contribution in [3.63, 3.8) is 0 Å². The van der Waals surface area contributed by atoms with Gasteiger partial charge in [0.05, 0.1) is 10.6 Å². The molecular formula is C13H9BrN2O3S. The van der Waals surface area contributed by atoms with Crippen molar-refractivity contribution in [3.05, 3.63) is 44.9 Å². The zero-order valence-electron chi connectivity index (χ0n) is 10.1. The van der Waals surface area contributed by atoms with E-state index in [9.17, 15) is 9.59 Å². The highest BCUT2D eigenvalue weighted by molar-refractivity contribution is 9.10. The molecule has 102 valence electrons. The number of hydrogen-bond donors (Lipinski definition) is 2. The number of carbonyl (C=O) groups is 2. The fourth-order valence-electron chi connectivity index (χ4n) is 2.27. The number of rotatable bonds is 2. The van der Waals surface area contributed by atoms with Crippen molar-refractivity contribution in [1.82, 2.24) is 4.37 Å². The molecule has 3 rings (SSSR count). The van der Waals surface area contributed by atoms with Crippen molar-refractivity contribution in [2.75, 3.05) is 5.32 Å². The number of anilines is 1. The third kappa shape index (κ3) is 2.23. The van der Waals surface area contributed by atoms with Crippen LogP contribution < -0.4 is 5.32 Å². The summed E-state index contributed by atoms with van der Waals surface area (Å²) in [6.45, 7) is 0. The van der Waals surface area contributed by atoms with E-state index in [1.54, 1.807) is 0 Å². The number of amides is 1. The van der Waals surface area contributed by atoms with Crippen molar-refractivity contribution in [3.8, 4) is 0 Å². The number of halogens is 1. The van der Waals surface area contributed by atoms with Gasteiger partial charge in [-0.3, -0.25) is 4.79 Å². The summed E-state index contributed by atoms with van der Waals surface area (Å²) < 4.78 is 4.87. The van der Waals surface area contributed by atoms with E-state index in [1.165, 1.54) is 0 Å². The highest BCUT2D eigenvalue weighted by Gasteiger charge is 2.33. The van der Waals surface area contributed by atoms with Crippen molar-refractivity contribution < 1.29 is 14.7 Å². The predicted molar refractivity (Wildman–Crippen MR) is 78.3 cm³/mol. The first kappa shape index (κ1) is 13.3. The lowest BCUT2D eigenvalue weighted by Gasteiger charge is -2.22. The largest absolute Gasteiger partial charge is 0.476 e. The van der Waals surface area contributed by atoms with Gasteiger partial charge in [0.25, 0.3) is 0 Å². The first-order chi connectivity index (χ1) is 9.56. The molecule has 2 aromatic rings. The number of fused-ring (bicyclic) bond motifs is 1. The minimum atomic E-state index is -1.13. The smallest absolute Gasteiger partial charge is 0.357 e. The van der Waals surface area contributed by atoms with Crippen LogP contribution in [0.25, 0.3) is 0 Å². The molecule has 0 bridgehead atoms. The van der Waals surface area contributed by atoms with Gasteiger partial charge in [0, 0.05) is 16.8 Å². The van der Waals surface area contributed by atoms with Gasteiger partial charge in [-0.1, -0.05) is 28.1 Å². The maximum Gasteiger partial charge on any atom is 0.357 e. The third-order valence-corrected chi connectivity index (χ3v) is 4.59. The summed E-state index contributed by atoms with van der Waals surface area (Å²) in [5.41, 5.74) is 1.22. The molecule has 0 saturated heterocycles. The number of aromatic carboxylic acids is 1. The SMILES string of the molecule is O=C1C[C@@H](c2cccc(Br)c2)c2snc(C(=O)O)c2N1. The normalized spacial score (nSPS) is 17.4. The average molecular weight is 353 g/mol. The zero-order valence-corrected chi connectivity index (χ0v) is 12.5. The highest BCUT2D eigenvalue weighted by atomic mass is 79.9. The molecule has 5 nitrogen and oxygen atoms in total. The van der Waals surface area contributed by atoms with Crippen LogP contribution in [0.5, 0.6) is 0 Å². The number of hydrogen-bond acceptors (Lipinski definition) is 4. The predicted octanol–water partition coefficient (Wildman–Crippen LogP) is 3.08. The second-order valence-electron chi connectivity index (χ2n) is 4.44. The van der Waals surface area contributed by atoms with E-state index in [-0.39, 0.29) is 17.5 Å². The molecule has 1 aliphatic heterocycles. The van der Waals surface area contributed by atoms with Gasteiger partial charge in [-0.15, -0.1) is 0 Å². The zero-order chi connectivity index (χ0) is 14.3. The van der Waals surface area contributed by atoms with Crippen LogP contribution in [0.15, 0.2) is 28.7 Å². The topological polar surface area (TPSA) is 79.3 Å². The Bertz CT molecular complexity index is 713. The quantitative estimate of drug-likeness (QED) is 0.870. The summed E-state index contributed by atoms with van der Waals surface area (Å²) in [6, 6.07) is 7.67. The van der Waals surface area contributed by atoms with E-state index in [2.05, 4.69) is 25.6 Å². The van der Waals surface area contributed by atoms with Gasteiger partial charge >= 0.3 is 5.97 Å². The molecule has 1 aromatic carbocycles. The van der Waals surface area contributed by atoms with E-state index in [0.717, 1.165) is 26.4 Å². The van der Waals surface area contributed by atoms with E-state index >= 15 is 0 Å². The molecule has 0 saturated carbocycles. The third-order valence-electron chi connectivity index (χ3n) is 3.14. The lowest BCUT2D eigenvalue weighted by molar-refractivity contribution is -0.116. The van der Waals surface area contributed by atoms with Gasteiger partial charge < -0.3 is 10.4 Å². The fraction of sp³-hybridized carbons (Fsp3) is 0.154.